The van der Waals surface area contributed by atoms with Gasteiger partial charge in [-0.1, -0.05) is 6.08 Å². The molecule has 0 saturated carbocycles. The summed E-state index contributed by atoms with van der Waals surface area (Å²) in [6, 6.07) is 0. The van der Waals surface area contributed by atoms with Crippen LogP contribution in [0.5, 0.6) is 0 Å². The first-order valence-electron chi connectivity index (χ1n) is 5.28. The number of allylic oxidation sites excluding steroid dienone is 2. The van der Waals surface area contributed by atoms with Crippen LogP contribution in [-0.4, -0.2) is 15.2 Å². The lowest BCUT2D eigenvalue weighted by atomic mass is 9.97. The van der Waals surface area contributed by atoms with E-state index in [4.69, 9.17) is 11.6 Å². The zero-order valence-corrected chi connectivity index (χ0v) is 11.1. The quantitative estimate of drug-likeness (QED) is 0.756. The number of aryl methyl sites for hydroxylation is 1. The SMILES string of the molecule is CCn1ncc(Br)c1C1=CC(Cl)CCC1. The molecule has 1 unspecified atom stereocenters. The van der Waals surface area contributed by atoms with Crippen LogP contribution in [0.25, 0.3) is 5.57 Å². The second-order valence-electron chi connectivity index (χ2n) is 3.76. The fourth-order valence-corrected chi connectivity index (χ4v) is 2.85. The van der Waals surface area contributed by atoms with Gasteiger partial charge in [-0.2, -0.15) is 5.10 Å². The third-order valence-electron chi connectivity index (χ3n) is 2.71. The molecule has 2 rings (SSSR count). The zero-order chi connectivity index (χ0) is 10.8. The van der Waals surface area contributed by atoms with Crippen LogP contribution >= 0.6 is 27.5 Å². The summed E-state index contributed by atoms with van der Waals surface area (Å²) in [7, 11) is 0. The van der Waals surface area contributed by atoms with Crippen molar-refractivity contribution in [2.75, 3.05) is 0 Å². The normalized spacial score (nSPS) is 21.5. The molecule has 2 nitrogen and oxygen atoms in total. The second-order valence-corrected chi connectivity index (χ2v) is 5.17. The first-order chi connectivity index (χ1) is 7.22. The van der Waals surface area contributed by atoms with E-state index in [1.165, 1.54) is 17.7 Å². The molecular weight excluding hydrogens is 275 g/mol. The lowest BCUT2D eigenvalue weighted by Crippen LogP contribution is -2.08. The van der Waals surface area contributed by atoms with Crippen LogP contribution in [-0.2, 0) is 6.54 Å². The van der Waals surface area contributed by atoms with Crippen molar-refractivity contribution in [1.29, 1.82) is 0 Å². The summed E-state index contributed by atoms with van der Waals surface area (Å²) in [6.07, 6.45) is 7.38. The van der Waals surface area contributed by atoms with Crippen molar-refractivity contribution in [2.45, 2.75) is 38.1 Å². The lowest BCUT2D eigenvalue weighted by molar-refractivity contribution is 0.642. The van der Waals surface area contributed by atoms with Gasteiger partial charge in [0.05, 0.1) is 21.7 Å². The highest BCUT2D eigenvalue weighted by atomic mass is 79.9. The Hall–Kier alpha value is -0.280. The van der Waals surface area contributed by atoms with E-state index in [1.54, 1.807) is 0 Å². The maximum atomic E-state index is 6.15. The Morgan fingerprint density at radius 1 is 1.67 bits per heavy atom. The average Bonchev–Trinajstić information content (AvgIpc) is 2.59. The van der Waals surface area contributed by atoms with E-state index in [2.05, 4.69) is 34.0 Å². The molecule has 1 atom stereocenters. The van der Waals surface area contributed by atoms with Gasteiger partial charge in [0.2, 0.25) is 0 Å². The molecule has 15 heavy (non-hydrogen) atoms. The third kappa shape index (κ3) is 2.28. The highest BCUT2D eigenvalue weighted by molar-refractivity contribution is 9.10. The van der Waals surface area contributed by atoms with E-state index in [1.807, 2.05) is 10.9 Å². The summed E-state index contributed by atoms with van der Waals surface area (Å²) >= 11 is 9.70. The van der Waals surface area contributed by atoms with E-state index >= 15 is 0 Å². The molecule has 4 heteroatoms. The van der Waals surface area contributed by atoms with Crippen LogP contribution < -0.4 is 0 Å². The Morgan fingerprint density at radius 2 is 2.47 bits per heavy atom. The third-order valence-corrected chi connectivity index (χ3v) is 3.63. The molecule has 0 aliphatic heterocycles. The number of rotatable bonds is 2. The van der Waals surface area contributed by atoms with E-state index in [0.29, 0.717) is 0 Å². The van der Waals surface area contributed by atoms with E-state index in [-0.39, 0.29) is 5.38 Å². The summed E-state index contributed by atoms with van der Waals surface area (Å²) in [4.78, 5) is 0. The van der Waals surface area contributed by atoms with Gasteiger partial charge in [0.1, 0.15) is 0 Å². The number of hydrogen-bond donors (Lipinski definition) is 0. The summed E-state index contributed by atoms with van der Waals surface area (Å²) in [5, 5.41) is 4.50. The minimum atomic E-state index is 0.181. The Balaban J connectivity index is 2.39. The Morgan fingerprint density at radius 3 is 3.13 bits per heavy atom. The number of aromatic nitrogens is 2. The van der Waals surface area contributed by atoms with Crippen LogP contribution in [0.2, 0.25) is 0 Å². The first kappa shape index (κ1) is 11.2. The number of nitrogens with zero attached hydrogens (tertiary/aromatic N) is 2. The second kappa shape index (κ2) is 4.71. The predicted molar refractivity (Wildman–Crippen MR) is 67.1 cm³/mol. The van der Waals surface area contributed by atoms with Crippen molar-refractivity contribution in [3.05, 3.63) is 22.4 Å². The number of hydrogen-bond acceptors (Lipinski definition) is 1. The van der Waals surface area contributed by atoms with Crippen LogP contribution in [0.1, 0.15) is 31.9 Å². The van der Waals surface area contributed by atoms with Crippen molar-refractivity contribution in [3.8, 4) is 0 Å². The van der Waals surface area contributed by atoms with Gasteiger partial charge in [0, 0.05) is 6.54 Å². The van der Waals surface area contributed by atoms with Gasteiger partial charge in [0.25, 0.3) is 0 Å². The standard InChI is InChI=1S/C11H14BrClN2/c1-2-15-11(10(12)7-14-15)8-4-3-5-9(13)6-8/h6-7,9H,2-5H2,1H3. The lowest BCUT2D eigenvalue weighted by Gasteiger charge is -2.17. The molecule has 0 N–H and O–H groups in total. The minimum Gasteiger partial charge on any atom is -0.264 e. The Kier molecular flexibility index (Phi) is 3.52. The predicted octanol–water partition coefficient (Wildman–Crippen LogP) is 3.84. The number of alkyl halides is 1. The van der Waals surface area contributed by atoms with Crippen molar-refractivity contribution in [3.63, 3.8) is 0 Å². The Bertz CT molecular complexity index is 384. The van der Waals surface area contributed by atoms with Crippen LogP contribution in [0.3, 0.4) is 0 Å². The summed E-state index contributed by atoms with van der Waals surface area (Å²) in [5.74, 6) is 0. The topological polar surface area (TPSA) is 17.8 Å². The van der Waals surface area contributed by atoms with E-state index in [9.17, 15) is 0 Å². The molecule has 0 radical (unpaired) electrons. The molecular formula is C11H14BrClN2. The summed E-state index contributed by atoms with van der Waals surface area (Å²) in [5.41, 5.74) is 2.52. The molecule has 0 fully saturated rings. The molecule has 0 spiro atoms. The highest BCUT2D eigenvalue weighted by Crippen LogP contribution is 2.33. The molecule has 1 heterocycles. The maximum Gasteiger partial charge on any atom is 0.0781 e. The van der Waals surface area contributed by atoms with E-state index in [0.717, 1.165) is 23.9 Å². The largest absolute Gasteiger partial charge is 0.264 e. The van der Waals surface area contributed by atoms with Gasteiger partial charge in [-0.3, -0.25) is 4.68 Å². The minimum absolute atomic E-state index is 0.181. The van der Waals surface area contributed by atoms with E-state index < -0.39 is 0 Å². The summed E-state index contributed by atoms with van der Waals surface area (Å²) in [6.45, 7) is 3.00. The molecule has 0 aromatic carbocycles. The van der Waals surface area contributed by atoms with Gasteiger partial charge < -0.3 is 0 Å². The maximum absolute atomic E-state index is 6.15. The molecule has 1 aromatic rings. The highest BCUT2D eigenvalue weighted by Gasteiger charge is 2.17. The van der Waals surface area contributed by atoms with Gasteiger partial charge >= 0.3 is 0 Å². The summed E-state index contributed by atoms with van der Waals surface area (Å²) < 4.78 is 3.09. The average molecular weight is 290 g/mol. The molecule has 0 bridgehead atoms. The van der Waals surface area contributed by atoms with Crippen molar-refractivity contribution < 1.29 is 0 Å². The van der Waals surface area contributed by atoms with Crippen LogP contribution in [0.15, 0.2) is 16.7 Å². The zero-order valence-electron chi connectivity index (χ0n) is 8.71. The fraction of sp³-hybridized carbons (Fsp3) is 0.545. The Labute approximate surface area is 103 Å². The van der Waals surface area contributed by atoms with Crippen LogP contribution in [0, 0.1) is 0 Å². The van der Waals surface area contributed by atoms with Gasteiger partial charge in [-0.15, -0.1) is 11.6 Å². The van der Waals surface area contributed by atoms with Crippen molar-refractivity contribution >= 4 is 33.1 Å². The molecule has 82 valence electrons. The molecule has 1 aliphatic carbocycles. The molecule has 1 aromatic heterocycles. The smallest absolute Gasteiger partial charge is 0.0781 e. The van der Waals surface area contributed by atoms with Crippen molar-refractivity contribution in [1.82, 2.24) is 9.78 Å². The van der Waals surface area contributed by atoms with Gasteiger partial charge in [-0.05, 0) is 47.7 Å². The molecule has 0 saturated heterocycles. The van der Waals surface area contributed by atoms with Crippen LogP contribution in [0.4, 0.5) is 0 Å². The first-order valence-corrected chi connectivity index (χ1v) is 6.51. The van der Waals surface area contributed by atoms with Gasteiger partial charge in [-0.25, -0.2) is 0 Å². The van der Waals surface area contributed by atoms with Gasteiger partial charge in [0.15, 0.2) is 0 Å². The monoisotopic (exact) mass is 288 g/mol. The fourth-order valence-electron chi connectivity index (χ4n) is 1.99. The molecule has 0 amide bonds. The number of halogens is 2. The van der Waals surface area contributed by atoms with Crippen molar-refractivity contribution in [2.24, 2.45) is 0 Å². The molecule has 1 aliphatic rings.